The largest absolute Gasteiger partial charge is 0.480 e. The van der Waals surface area contributed by atoms with Gasteiger partial charge in [0.05, 0.1) is 0 Å². The monoisotopic (exact) mass is 335 g/mol. The third-order valence-electron chi connectivity index (χ3n) is 3.15. The zero-order valence-electron chi connectivity index (χ0n) is 12.6. The molecule has 0 aliphatic rings. The van der Waals surface area contributed by atoms with Crippen molar-refractivity contribution in [3.05, 3.63) is 71.3 Å². The Morgan fingerprint density at radius 3 is 2.33 bits per heavy atom. The first kappa shape index (κ1) is 17.4. The normalized spacial score (nSPS) is 10.2. The van der Waals surface area contributed by atoms with Crippen molar-refractivity contribution in [1.29, 1.82) is 0 Å². The predicted molar refractivity (Wildman–Crippen MR) is 81.0 cm³/mol. The molecule has 0 radical (unpaired) electrons. The summed E-state index contributed by atoms with van der Waals surface area (Å²) in [5.74, 6) is -3.33. The van der Waals surface area contributed by atoms with Crippen molar-refractivity contribution in [3.8, 4) is 0 Å². The van der Waals surface area contributed by atoms with Gasteiger partial charge in [-0.1, -0.05) is 36.4 Å². The zero-order chi connectivity index (χ0) is 17.5. The highest BCUT2D eigenvalue weighted by atomic mass is 19.2. The number of hydrogen-bond acceptors (Lipinski definition) is 3. The van der Waals surface area contributed by atoms with Crippen LogP contribution in [-0.4, -0.2) is 28.6 Å². The number of carboxylic acid groups (broad SMARTS) is 1. The Hall–Kier alpha value is -2.96. The van der Waals surface area contributed by atoms with Crippen molar-refractivity contribution in [1.82, 2.24) is 4.90 Å². The topological polar surface area (TPSA) is 66.8 Å². The van der Waals surface area contributed by atoms with Crippen LogP contribution in [0.3, 0.4) is 0 Å². The van der Waals surface area contributed by atoms with Gasteiger partial charge in [0, 0.05) is 6.54 Å². The van der Waals surface area contributed by atoms with Crippen LogP contribution in [0.1, 0.15) is 11.1 Å². The molecule has 7 heteroatoms. The van der Waals surface area contributed by atoms with E-state index in [-0.39, 0.29) is 18.7 Å². The Kier molecular flexibility index (Phi) is 5.83. The summed E-state index contributed by atoms with van der Waals surface area (Å²) in [5.41, 5.74) is 1.00. The summed E-state index contributed by atoms with van der Waals surface area (Å²) in [5, 5.41) is 8.91. The molecule has 2 rings (SSSR count). The highest BCUT2D eigenvalue weighted by molar-refractivity contribution is 5.76. The molecule has 0 saturated heterocycles. The Labute approximate surface area is 137 Å². The molecule has 0 bridgehead atoms. The van der Waals surface area contributed by atoms with Crippen molar-refractivity contribution in [2.75, 3.05) is 6.54 Å². The van der Waals surface area contributed by atoms with E-state index in [1.807, 2.05) is 6.07 Å². The maximum Gasteiger partial charge on any atom is 0.410 e. The third-order valence-corrected chi connectivity index (χ3v) is 3.15. The molecule has 24 heavy (non-hydrogen) atoms. The number of carboxylic acids is 1. The van der Waals surface area contributed by atoms with Crippen LogP contribution in [-0.2, 0) is 22.7 Å². The summed E-state index contributed by atoms with van der Waals surface area (Å²) in [6.07, 6.45) is -0.856. The molecule has 0 atom stereocenters. The molecule has 0 aliphatic carbocycles. The molecule has 0 saturated carbocycles. The quantitative estimate of drug-likeness (QED) is 0.880. The molecule has 0 aromatic heterocycles. The minimum Gasteiger partial charge on any atom is -0.480 e. The fourth-order valence-electron chi connectivity index (χ4n) is 2.02. The van der Waals surface area contributed by atoms with Crippen LogP contribution in [0.15, 0.2) is 48.5 Å². The Balaban J connectivity index is 2.04. The van der Waals surface area contributed by atoms with Crippen molar-refractivity contribution in [2.24, 2.45) is 0 Å². The maximum atomic E-state index is 13.2. The van der Waals surface area contributed by atoms with Crippen LogP contribution in [0.4, 0.5) is 13.6 Å². The van der Waals surface area contributed by atoms with Crippen molar-refractivity contribution in [3.63, 3.8) is 0 Å². The molecule has 0 fully saturated rings. The van der Waals surface area contributed by atoms with E-state index in [1.54, 1.807) is 24.3 Å². The van der Waals surface area contributed by atoms with Crippen LogP contribution in [0, 0.1) is 11.6 Å². The minimum atomic E-state index is -1.24. The van der Waals surface area contributed by atoms with Gasteiger partial charge in [0.15, 0.2) is 11.6 Å². The number of hydrogen-bond donors (Lipinski definition) is 1. The van der Waals surface area contributed by atoms with Gasteiger partial charge in [-0.05, 0) is 23.3 Å². The van der Waals surface area contributed by atoms with Gasteiger partial charge in [0.1, 0.15) is 13.2 Å². The van der Waals surface area contributed by atoms with Crippen LogP contribution in [0.2, 0.25) is 0 Å². The van der Waals surface area contributed by atoms with E-state index in [9.17, 15) is 18.4 Å². The van der Waals surface area contributed by atoms with E-state index < -0.39 is 30.2 Å². The van der Waals surface area contributed by atoms with Crippen LogP contribution >= 0.6 is 0 Å². The average molecular weight is 335 g/mol. The van der Waals surface area contributed by atoms with Gasteiger partial charge in [-0.25, -0.2) is 13.6 Å². The van der Waals surface area contributed by atoms with Gasteiger partial charge in [-0.15, -0.1) is 0 Å². The predicted octanol–water partition coefficient (Wildman–Crippen LogP) is 3.19. The lowest BCUT2D eigenvalue weighted by Crippen LogP contribution is -2.35. The van der Waals surface area contributed by atoms with Gasteiger partial charge in [-0.2, -0.15) is 0 Å². The van der Waals surface area contributed by atoms with Crippen LogP contribution in [0.5, 0.6) is 0 Å². The van der Waals surface area contributed by atoms with Crippen molar-refractivity contribution in [2.45, 2.75) is 13.2 Å². The summed E-state index contributed by atoms with van der Waals surface area (Å²) in [7, 11) is 0. The van der Waals surface area contributed by atoms with Crippen LogP contribution < -0.4 is 0 Å². The molecule has 0 aliphatic heterocycles. The lowest BCUT2D eigenvalue weighted by atomic mass is 10.2. The lowest BCUT2D eigenvalue weighted by molar-refractivity contribution is -0.138. The third kappa shape index (κ3) is 5.05. The molecule has 1 amide bonds. The summed E-state index contributed by atoms with van der Waals surface area (Å²) in [4.78, 5) is 23.9. The van der Waals surface area contributed by atoms with E-state index in [2.05, 4.69) is 0 Å². The number of nitrogens with zero attached hydrogens (tertiary/aromatic N) is 1. The summed E-state index contributed by atoms with van der Waals surface area (Å²) in [6.45, 7) is -0.850. The van der Waals surface area contributed by atoms with E-state index in [0.717, 1.165) is 22.6 Å². The second-order valence-electron chi connectivity index (χ2n) is 5.04. The minimum absolute atomic E-state index is 0.0203. The molecule has 0 heterocycles. The number of benzene rings is 2. The molecule has 2 aromatic carbocycles. The Bertz CT molecular complexity index is 722. The number of ether oxygens (including phenoxy) is 1. The number of aliphatic carboxylic acids is 1. The highest BCUT2D eigenvalue weighted by Crippen LogP contribution is 2.12. The number of rotatable bonds is 6. The number of carbonyl (C=O) groups is 2. The molecule has 0 spiro atoms. The molecular formula is C17H15F2NO4. The SMILES string of the molecule is O=C(O)CN(Cc1ccc(F)c(F)c1)C(=O)OCc1ccccc1. The smallest absolute Gasteiger partial charge is 0.410 e. The van der Waals surface area contributed by atoms with Crippen molar-refractivity contribution >= 4 is 12.1 Å². The molecule has 1 N–H and O–H groups in total. The number of carbonyl (C=O) groups excluding carboxylic acids is 1. The van der Waals surface area contributed by atoms with E-state index in [0.29, 0.717) is 0 Å². The maximum absolute atomic E-state index is 13.2. The van der Waals surface area contributed by atoms with E-state index in [1.165, 1.54) is 6.07 Å². The van der Waals surface area contributed by atoms with E-state index >= 15 is 0 Å². The molecular weight excluding hydrogens is 320 g/mol. The highest BCUT2D eigenvalue weighted by Gasteiger charge is 2.19. The standard InChI is InChI=1S/C17H15F2NO4/c18-14-7-6-13(8-15(14)19)9-20(10-16(21)22)17(23)24-11-12-4-2-1-3-5-12/h1-8H,9-11H2,(H,21,22). The fourth-order valence-corrected chi connectivity index (χ4v) is 2.02. The number of halogens is 2. The summed E-state index contributed by atoms with van der Waals surface area (Å²) in [6, 6.07) is 12.0. The molecule has 0 unspecified atom stereocenters. The average Bonchev–Trinajstić information content (AvgIpc) is 2.56. The molecule has 5 nitrogen and oxygen atoms in total. The van der Waals surface area contributed by atoms with Gasteiger partial charge < -0.3 is 9.84 Å². The summed E-state index contributed by atoms with van der Waals surface area (Å²) < 4.78 is 31.2. The second-order valence-corrected chi connectivity index (χ2v) is 5.04. The zero-order valence-corrected chi connectivity index (χ0v) is 12.6. The molecule has 126 valence electrons. The first-order valence-electron chi connectivity index (χ1n) is 7.07. The Morgan fingerprint density at radius 1 is 1.00 bits per heavy atom. The number of amides is 1. The summed E-state index contributed by atoms with van der Waals surface area (Å²) >= 11 is 0. The lowest BCUT2D eigenvalue weighted by Gasteiger charge is -2.20. The van der Waals surface area contributed by atoms with E-state index in [4.69, 9.17) is 9.84 Å². The fraction of sp³-hybridized carbons (Fsp3) is 0.176. The van der Waals surface area contributed by atoms with Gasteiger partial charge in [0.25, 0.3) is 0 Å². The van der Waals surface area contributed by atoms with Gasteiger partial charge >= 0.3 is 12.1 Å². The van der Waals surface area contributed by atoms with Crippen molar-refractivity contribution < 1.29 is 28.2 Å². The van der Waals surface area contributed by atoms with Gasteiger partial charge in [0.2, 0.25) is 0 Å². The Morgan fingerprint density at radius 2 is 1.71 bits per heavy atom. The second kappa shape index (κ2) is 8.05. The first-order chi connectivity index (χ1) is 11.5. The van der Waals surface area contributed by atoms with Crippen LogP contribution in [0.25, 0.3) is 0 Å². The molecule has 2 aromatic rings. The van der Waals surface area contributed by atoms with Gasteiger partial charge in [-0.3, -0.25) is 9.69 Å². The first-order valence-corrected chi connectivity index (χ1v) is 7.07.